The highest BCUT2D eigenvalue weighted by atomic mass is 19.1. The molecule has 2 unspecified atom stereocenters. The maximum atomic E-state index is 13.7. The molecule has 0 saturated carbocycles. The first-order valence-corrected chi connectivity index (χ1v) is 5.81. The largest absolute Gasteiger partial charge is 0.350 e. The van der Waals surface area contributed by atoms with E-state index in [-0.39, 0.29) is 11.9 Å². The molecule has 88 valence electrons. The summed E-state index contributed by atoms with van der Waals surface area (Å²) in [7, 11) is 0. The highest BCUT2D eigenvalue weighted by molar-refractivity contribution is 5.41. The van der Waals surface area contributed by atoms with Crippen molar-refractivity contribution in [3.8, 4) is 0 Å². The molecule has 0 bridgehead atoms. The molecule has 0 aliphatic carbocycles. The van der Waals surface area contributed by atoms with Gasteiger partial charge in [0.1, 0.15) is 0 Å². The van der Waals surface area contributed by atoms with Gasteiger partial charge in [-0.1, -0.05) is 6.92 Å². The van der Waals surface area contributed by atoms with E-state index >= 15 is 0 Å². The lowest BCUT2D eigenvalue weighted by atomic mass is 9.91. The SMILES string of the molecule is CC1CCCN(c2ncccc2F)C1CN. The summed E-state index contributed by atoms with van der Waals surface area (Å²) in [4.78, 5) is 6.15. The topological polar surface area (TPSA) is 42.2 Å². The molecule has 1 aromatic rings. The predicted molar refractivity (Wildman–Crippen MR) is 62.8 cm³/mol. The molecule has 1 saturated heterocycles. The van der Waals surface area contributed by atoms with Gasteiger partial charge in [0.25, 0.3) is 0 Å². The van der Waals surface area contributed by atoms with E-state index in [1.54, 1.807) is 12.3 Å². The van der Waals surface area contributed by atoms with Gasteiger partial charge >= 0.3 is 0 Å². The van der Waals surface area contributed by atoms with Gasteiger partial charge in [-0.05, 0) is 30.9 Å². The van der Waals surface area contributed by atoms with Gasteiger partial charge in [-0.15, -0.1) is 0 Å². The summed E-state index contributed by atoms with van der Waals surface area (Å²) in [5, 5.41) is 0. The van der Waals surface area contributed by atoms with E-state index in [4.69, 9.17) is 5.73 Å². The summed E-state index contributed by atoms with van der Waals surface area (Å²) in [6.45, 7) is 3.57. The smallest absolute Gasteiger partial charge is 0.165 e. The van der Waals surface area contributed by atoms with E-state index in [1.807, 2.05) is 4.90 Å². The van der Waals surface area contributed by atoms with Crippen LogP contribution >= 0.6 is 0 Å². The zero-order chi connectivity index (χ0) is 11.5. The molecule has 0 radical (unpaired) electrons. The van der Waals surface area contributed by atoms with Crippen LogP contribution in [0.25, 0.3) is 0 Å². The highest BCUT2D eigenvalue weighted by Gasteiger charge is 2.29. The Balaban J connectivity index is 2.28. The normalized spacial score (nSPS) is 25.8. The molecule has 1 aromatic heterocycles. The number of hydrogen-bond donors (Lipinski definition) is 1. The Morgan fingerprint density at radius 2 is 2.44 bits per heavy atom. The van der Waals surface area contributed by atoms with Gasteiger partial charge in [-0.2, -0.15) is 0 Å². The number of pyridine rings is 1. The quantitative estimate of drug-likeness (QED) is 0.831. The Bertz CT molecular complexity index is 356. The van der Waals surface area contributed by atoms with Crippen LogP contribution in [-0.2, 0) is 0 Å². The highest BCUT2D eigenvalue weighted by Crippen LogP contribution is 2.28. The van der Waals surface area contributed by atoms with Crippen LogP contribution in [0.1, 0.15) is 19.8 Å². The molecule has 1 aliphatic heterocycles. The fourth-order valence-electron chi connectivity index (χ4n) is 2.46. The number of anilines is 1. The molecule has 1 aliphatic rings. The Labute approximate surface area is 95.5 Å². The van der Waals surface area contributed by atoms with Gasteiger partial charge in [0.2, 0.25) is 0 Å². The first-order chi connectivity index (χ1) is 7.74. The summed E-state index contributed by atoms with van der Waals surface area (Å²) in [6, 6.07) is 3.27. The van der Waals surface area contributed by atoms with Crippen LogP contribution in [0.4, 0.5) is 10.2 Å². The van der Waals surface area contributed by atoms with Crippen molar-refractivity contribution in [1.29, 1.82) is 0 Å². The third kappa shape index (κ3) is 2.02. The lowest BCUT2D eigenvalue weighted by molar-refractivity contribution is 0.345. The van der Waals surface area contributed by atoms with Crippen molar-refractivity contribution in [2.24, 2.45) is 11.7 Å². The van der Waals surface area contributed by atoms with Crippen molar-refractivity contribution in [3.05, 3.63) is 24.1 Å². The van der Waals surface area contributed by atoms with Crippen molar-refractivity contribution >= 4 is 5.82 Å². The molecule has 2 N–H and O–H groups in total. The second kappa shape index (κ2) is 4.78. The molecule has 3 nitrogen and oxygen atoms in total. The van der Waals surface area contributed by atoms with E-state index in [1.165, 1.54) is 6.07 Å². The van der Waals surface area contributed by atoms with Crippen molar-refractivity contribution in [3.63, 3.8) is 0 Å². The zero-order valence-corrected chi connectivity index (χ0v) is 9.56. The third-order valence-corrected chi connectivity index (χ3v) is 3.37. The van der Waals surface area contributed by atoms with Crippen LogP contribution in [0, 0.1) is 11.7 Å². The molecular weight excluding hydrogens is 205 g/mol. The zero-order valence-electron chi connectivity index (χ0n) is 9.56. The number of piperidine rings is 1. The molecule has 4 heteroatoms. The van der Waals surface area contributed by atoms with Gasteiger partial charge in [-0.25, -0.2) is 9.37 Å². The van der Waals surface area contributed by atoms with Gasteiger partial charge in [0.15, 0.2) is 11.6 Å². The summed E-state index contributed by atoms with van der Waals surface area (Å²) < 4.78 is 13.7. The maximum Gasteiger partial charge on any atom is 0.165 e. The van der Waals surface area contributed by atoms with Crippen molar-refractivity contribution in [2.45, 2.75) is 25.8 Å². The fraction of sp³-hybridized carbons (Fsp3) is 0.583. The molecule has 0 amide bonds. The standard InChI is InChI=1S/C12H18FN3/c1-9-4-3-7-16(11(9)8-14)12-10(13)5-2-6-15-12/h2,5-6,9,11H,3-4,7-8,14H2,1H3. The van der Waals surface area contributed by atoms with E-state index in [2.05, 4.69) is 11.9 Å². The minimum Gasteiger partial charge on any atom is -0.350 e. The second-order valence-electron chi connectivity index (χ2n) is 4.42. The summed E-state index contributed by atoms with van der Waals surface area (Å²) in [6.07, 6.45) is 3.87. The molecule has 2 heterocycles. The summed E-state index contributed by atoms with van der Waals surface area (Å²) in [5.41, 5.74) is 5.78. The second-order valence-corrected chi connectivity index (χ2v) is 4.42. The summed E-state index contributed by atoms with van der Waals surface area (Å²) in [5.74, 6) is 0.694. The van der Waals surface area contributed by atoms with Gasteiger partial charge in [0.05, 0.1) is 0 Å². The average molecular weight is 223 g/mol. The number of nitrogens with zero attached hydrogens (tertiary/aromatic N) is 2. The Morgan fingerprint density at radius 1 is 1.62 bits per heavy atom. The number of nitrogens with two attached hydrogens (primary N) is 1. The first-order valence-electron chi connectivity index (χ1n) is 5.81. The maximum absolute atomic E-state index is 13.7. The van der Waals surface area contributed by atoms with E-state index < -0.39 is 0 Å². The minimum absolute atomic E-state index is 0.207. The Morgan fingerprint density at radius 3 is 3.12 bits per heavy atom. The summed E-state index contributed by atoms with van der Waals surface area (Å²) >= 11 is 0. The van der Waals surface area contributed by atoms with Crippen LogP contribution in [0.5, 0.6) is 0 Å². The number of aromatic nitrogens is 1. The number of hydrogen-bond acceptors (Lipinski definition) is 3. The van der Waals surface area contributed by atoms with E-state index in [0.717, 1.165) is 19.4 Å². The lowest BCUT2D eigenvalue weighted by Gasteiger charge is -2.40. The van der Waals surface area contributed by atoms with Crippen LogP contribution < -0.4 is 10.6 Å². The molecule has 2 rings (SSSR count). The van der Waals surface area contributed by atoms with E-state index in [0.29, 0.717) is 18.3 Å². The van der Waals surface area contributed by atoms with Crippen molar-refractivity contribution < 1.29 is 4.39 Å². The monoisotopic (exact) mass is 223 g/mol. The molecule has 1 fully saturated rings. The van der Waals surface area contributed by atoms with Crippen molar-refractivity contribution in [2.75, 3.05) is 18.0 Å². The third-order valence-electron chi connectivity index (χ3n) is 3.37. The van der Waals surface area contributed by atoms with Crippen LogP contribution in [-0.4, -0.2) is 24.1 Å². The molecule has 0 spiro atoms. The first kappa shape index (κ1) is 11.3. The Hall–Kier alpha value is -1.16. The minimum atomic E-state index is -0.255. The van der Waals surface area contributed by atoms with Crippen LogP contribution in [0.2, 0.25) is 0 Å². The van der Waals surface area contributed by atoms with Crippen molar-refractivity contribution in [1.82, 2.24) is 4.98 Å². The van der Waals surface area contributed by atoms with Crippen LogP contribution in [0.15, 0.2) is 18.3 Å². The van der Waals surface area contributed by atoms with Gasteiger partial charge in [-0.3, -0.25) is 0 Å². The molecule has 16 heavy (non-hydrogen) atoms. The molecule has 0 aromatic carbocycles. The predicted octanol–water partition coefficient (Wildman–Crippen LogP) is 1.78. The fourth-order valence-corrected chi connectivity index (χ4v) is 2.46. The Kier molecular flexibility index (Phi) is 3.39. The molecule has 2 atom stereocenters. The number of rotatable bonds is 2. The van der Waals surface area contributed by atoms with Gasteiger partial charge < -0.3 is 10.6 Å². The lowest BCUT2D eigenvalue weighted by Crippen LogP contribution is -2.49. The van der Waals surface area contributed by atoms with E-state index in [9.17, 15) is 4.39 Å². The average Bonchev–Trinajstić information content (AvgIpc) is 2.29. The number of halogens is 1. The van der Waals surface area contributed by atoms with Crippen LogP contribution in [0.3, 0.4) is 0 Å². The molecular formula is C12H18FN3. The van der Waals surface area contributed by atoms with Gasteiger partial charge in [0, 0.05) is 25.3 Å².